The molecule has 270 valence electrons. The summed E-state index contributed by atoms with van der Waals surface area (Å²) >= 11 is 0. The van der Waals surface area contributed by atoms with Crippen LogP contribution in [0.15, 0.2) is 49.1 Å². The molecule has 0 aliphatic carbocycles. The van der Waals surface area contributed by atoms with Crippen molar-refractivity contribution in [3.63, 3.8) is 0 Å². The van der Waals surface area contributed by atoms with E-state index < -0.39 is 18.0 Å². The molecule has 0 spiro atoms. The van der Waals surface area contributed by atoms with Crippen LogP contribution in [-0.4, -0.2) is 154 Å². The number of esters is 1. The van der Waals surface area contributed by atoms with Crippen molar-refractivity contribution in [1.29, 1.82) is 0 Å². The fourth-order valence-corrected chi connectivity index (χ4v) is 3.07. The molecule has 14 nitrogen and oxygen atoms in total. The second-order valence-electron chi connectivity index (χ2n) is 9.23. The van der Waals surface area contributed by atoms with Gasteiger partial charge in [0, 0.05) is 12.2 Å². The molecule has 1 atom stereocenters. The van der Waals surface area contributed by atoms with Crippen molar-refractivity contribution >= 4 is 18.0 Å². The van der Waals surface area contributed by atoms with E-state index >= 15 is 0 Å². The first-order valence-corrected chi connectivity index (χ1v) is 15.6. The third kappa shape index (κ3) is 35.9. The smallest absolute Gasteiger partial charge is 0.331 e. The minimum atomic E-state index is -1.22. The summed E-state index contributed by atoms with van der Waals surface area (Å²) in [6.07, 6.45) is 2.89. The maximum absolute atomic E-state index is 11.3. The number of carbonyl (C=O) groups excluding carboxylic acids is 1. The third-order valence-electron chi connectivity index (χ3n) is 5.28. The molecule has 0 bridgehead atoms. The number of rotatable bonds is 32. The van der Waals surface area contributed by atoms with Crippen molar-refractivity contribution in [2.45, 2.75) is 13.0 Å². The minimum Gasteiger partial charge on any atom is -0.478 e. The van der Waals surface area contributed by atoms with E-state index in [4.69, 9.17) is 57.6 Å². The Labute approximate surface area is 278 Å². The number of aliphatic carboxylic acids is 1. The summed E-state index contributed by atoms with van der Waals surface area (Å²) in [7, 11) is 0. The Morgan fingerprint density at radius 1 is 0.617 bits per heavy atom. The number of benzene rings is 1. The molecule has 0 amide bonds. The van der Waals surface area contributed by atoms with E-state index in [0.717, 1.165) is 6.08 Å². The third-order valence-corrected chi connectivity index (χ3v) is 5.28. The van der Waals surface area contributed by atoms with E-state index in [1.165, 1.54) is 5.56 Å². The van der Waals surface area contributed by atoms with Gasteiger partial charge in [0.15, 0.2) is 0 Å². The number of carboxylic acid groups (broad SMARTS) is 1. The van der Waals surface area contributed by atoms with Gasteiger partial charge < -0.3 is 57.6 Å². The van der Waals surface area contributed by atoms with E-state index in [0.29, 0.717) is 118 Å². The van der Waals surface area contributed by atoms with Gasteiger partial charge in [-0.15, -0.1) is 0 Å². The van der Waals surface area contributed by atoms with Gasteiger partial charge in [-0.1, -0.05) is 43.0 Å². The highest BCUT2D eigenvalue weighted by atomic mass is 16.6. The van der Waals surface area contributed by atoms with Gasteiger partial charge in [0.05, 0.1) is 126 Å². The van der Waals surface area contributed by atoms with Crippen molar-refractivity contribution in [2.75, 3.05) is 126 Å². The minimum absolute atomic E-state index is 0.0155. The van der Waals surface area contributed by atoms with Gasteiger partial charge in [-0.05, 0) is 12.5 Å². The fraction of sp³-hybridized carbons (Fsp3) is 0.636. The van der Waals surface area contributed by atoms with Crippen molar-refractivity contribution in [3.05, 3.63) is 54.6 Å². The Bertz CT molecular complexity index is 868. The number of carbonyl (C=O) groups is 2. The summed E-state index contributed by atoms with van der Waals surface area (Å²) in [4.78, 5) is 21.6. The Kier molecular flexibility index (Phi) is 34.0. The predicted octanol–water partition coefficient (Wildman–Crippen LogP) is 2.03. The maximum Gasteiger partial charge on any atom is 0.331 e. The molecule has 14 heteroatoms. The van der Waals surface area contributed by atoms with Crippen molar-refractivity contribution in [1.82, 2.24) is 0 Å². The molecule has 0 saturated heterocycles. The lowest BCUT2D eigenvalue weighted by Crippen LogP contribution is -2.21. The number of aliphatic hydroxyl groups excluding tert-OH is 1. The fourth-order valence-electron chi connectivity index (χ4n) is 3.07. The molecule has 1 unspecified atom stereocenters. The lowest BCUT2D eigenvalue weighted by molar-refractivity contribution is -0.145. The number of ether oxygens (including phenoxy) is 10. The molecule has 2 N–H and O–H groups in total. The first kappa shape index (κ1) is 44.2. The van der Waals surface area contributed by atoms with Gasteiger partial charge >= 0.3 is 11.9 Å². The lowest BCUT2D eigenvalue weighted by Gasteiger charge is -2.12. The summed E-state index contributed by atoms with van der Waals surface area (Å²) in [5, 5.41) is 17.0. The summed E-state index contributed by atoms with van der Waals surface area (Å²) in [6.45, 7) is 13.0. The molecule has 1 aromatic carbocycles. The topological polar surface area (TPSA) is 167 Å². The zero-order valence-electron chi connectivity index (χ0n) is 27.6. The van der Waals surface area contributed by atoms with Gasteiger partial charge in [-0.2, -0.15) is 0 Å². The second kappa shape index (κ2) is 36.1. The van der Waals surface area contributed by atoms with Crippen molar-refractivity contribution in [2.24, 2.45) is 0 Å². The highest BCUT2D eigenvalue weighted by molar-refractivity contribution is 5.90. The van der Waals surface area contributed by atoms with Gasteiger partial charge in [0.25, 0.3) is 0 Å². The van der Waals surface area contributed by atoms with Crippen molar-refractivity contribution < 1.29 is 67.2 Å². The number of carboxylic acids is 1. The Hall–Kier alpha value is -2.76. The van der Waals surface area contributed by atoms with Crippen LogP contribution in [0.3, 0.4) is 0 Å². The average Bonchev–Trinajstić information content (AvgIpc) is 3.07. The molecular formula is C33H54O14. The van der Waals surface area contributed by atoms with Crippen LogP contribution in [0, 0.1) is 0 Å². The van der Waals surface area contributed by atoms with Crippen LogP contribution in [-0.2, 0) is 57.0 Å². The predicted molar refractivity (Wildman–Crippen MR) is 173 cm³/mol. The van der Waals surface area contributed by atoms with Crippen LogP contribution in [0.1, 0.15) is 12.5 Å². The van der Waals surface area contributed by atoms with Gasteiger partial charge in [0.2, 0.25) is 0 Å². The maximum atomic E-state index is 11.3. The Morgan fingerprint density at radius 2 is 0.979 bits per heavy atom. The molecule has 1 rings (SSSR count). The van der Waals surface area contributed by atoms with Crippen LogP contribution in [0.4, 0.5) is 0 Å². The van der Waals surface area contributed by atoms with E-state index in [2.05, 4.69) is 6.58 Å². The highest BCUT2D eigenvalue weighted by Gasteiger charge is 2.07. The van der Waals surface area contributed by atoms with E-state index in [9.17, 15) is 9.59 Å². The van der Waals surface area contributed by atoms with Crippen LogP contribution in [0.5, 0.6) is 0 Å². The molecule has 0 heterocycles. The van der Waals surface area contributed by atoms with Crippen LogP contribution in [0.2, 0.25) is 0 Å². The van der Waals surface area contributed by atoms with E-state index in [1.807, 2.05) is 36.4 Å². The van der Waals surface area contributed by atoms with Crippen LogP contribution >= 0.6 is 0 Å². The zero-order chi connectivity index (χ0) is 34.5. The Balaban J connectivity index is 0.00000228. The second-order valence-corrected chi connectivity index (χ2v) is 9.23. The summed E-state index contributed by atoms with van der Waals surface area (Å²) in [6, 6.07) is 10.0. The first-order chi connectivity index (χ1) is 23.0. The summed E-state index contributed by atoms with van der Waals surface area (Å²) in [5.74, 6) is -1.96. The Morgan fingerprint density at radius 3 is 1.30 bits per heavy atom. The average molecular weight is 675 g/mol. The van der Waals surface area contributed by atoms with Crippen LogP contribution in [0.25, 0.3) is 6.08 Å². The number of aliphatic hydroxyl groups is 1. The van der Waals surface area contributed by atoms with E-state index in [1.54, 1.807) is 6.92 Å². The quantitative estimate of drug-likeness (QED) is 0.0647. The highest BCUT2D eigenvalue weighted by Crippen LogP contribution is 1.97. The molecule has 0 saturated carbocycles. The van der Waals surface area contributed by atoms with Crippen LogP contribution < -0.4 is 0 Å². The summed E-state index contributed by atoms with van der Waals surface area (Å²) in [5.41, 5.74) is 1.17. The molecule has 0 aliphatic rings. The largest absolute Gasteiger partial charge is 0.478 e. The monoisotopic (exact) mass is 674 g/mol. The van der Waals surface area contributed by atoms with Gasteiger partial charge in [-0.25, -0.2) is 9.59 Å². The van der Waals surface area contributed by atoms with Gasteiger partial charge in [0.1, 0.15) is 6.10 Å². The zero-order valence-corrected chi connectivity index (χ0v) is 27.6. The molecular weight excluding hydrogens is 620 g/mol. The van der Waals surface area contributed by atoms with E-state index in [-0.39, 0.29) is 13.2 Å². The normalized spacial score (nSPS) is 11.6. The SMILES string of the molecule is C=Cc1ccccc1.CC(COCCOCCOCCOCCOCCOCCOCCOCCOCCO)OC(=O)/C=C\C(=O)O. The molecule has 47 heavy (non-hydrogen) atoms. The van der Waals surface area contributed by atoms with Crippen molar-refractivity contribution in [3.8, 4) is 0 Å². The molecule has 0 aliphatic heterocycles. The molecule has 0 radical (unpaired) electrons. The molecule has 0 aromatic heterocycles. The first-order valence-electron chi connectivity index (χ1n) is 15.6. The number of hydrogen-bond acceptors (Lipinski definition) is 13. The van der Waals surface area contributed by atoms with Gasteiger partial charge in [-0.3, -0.25) is 0 Å². The molecule has 0 fully saturated rings. The lowest BCUT2D eigenvalue weighted by atomic mass is 10.2. The standard InChI is InChI=1S/C25H46O14.C8H8/c1-23(39-25(29)3-2-24(27)28)22-38-21-20-37-19-18-36-17-16-35-15-14-34-13-12-33-11-10-32-9-8-31-7-6-30-5-4-26;1-2-8-6-4-3-5-7-8/h2-3,23,26H,4-22H2,1H3,(H,27,28);2-7H,1H2/b3-2-;. The molecule has 1 aromatic rings. The number of hydrogen-bond donors (Lipinski definition) is 2. The summed E-state index contributed by atoms with van der Waals surface area (Å²) < 4.78 is 53.0.